The topological polar surface area (TPSA) is 55.6 Å². The Labute approximate surface area is 119 Å². The minimum Gasteiger partial charge on any atom is -0.367 e. The normalized spacial score (nSPS) is 23.4. The van der Waals surface area contributed by atoms with E-state index in [1.807, 2.05) is 0 Å². The first-order valence-corrected chi connectivity index (χ1v) is 6.35. The number of nitrogens with zero attached hydrogens (tertiary/aromatic N) is 2. The molecule has 1 aromatic carbocycles. The van der Waals surface area contributed by atoms with Crippen molar-refractivity contribution in [3.63, 3.8) is 0 Å². The van der Waals surface area contributed by atoms with Gasteiger partial charge in [-0.3, -0.25) is 15.0 Å². The van der Waals surface area contributed by atoms with Gasteiger partial charge in [0, 0.05) is 38.9 Å². The van der Waals surface area contributed by atoms with Gasteiger partial charge in [-0.2, -0.15) is 13.2 Å². The van der Waals surface area contributed by atoms with E-state index in [2.05, 4.69) is 0 Å². The summed E-state index contributed by atoms with van der Waals surface area (Å²) in [5, 5.41) is 10.5. The van der Waals surface area contributed by atoms with E-state index in [0.29, 0.717) is 6.54 Å². The smallest absolute Gasteiger partial charge is 0.367 e. The molecule has 0 spiro atoms. The molecule has 0 amide bonds. The van der Waals surface area contributed by atoms with Gasteiger partial charge in [0.2, 0.25) is 0 Å². The number of nitro groups is 1. The highest BCUT2D eigenvalue weighted by Gasteiger charge is 2.58. The summed E-state index contributed by atoms with van der Waals surface area (Å²) in [4.78, 5) is 11.7. The van der Waals surface area contributed by atoms with Gasteiger partial charge in [0.05, 0.1) is 4.92 Å². The Morgan fingerprint density at radius 2 is 2.00 bits per heavy atom. The van der Waals surface area contributed by atoms with E-state index in [0.717, 1.165) is 12.7 Å². The summed E-state index contributed by atoms with van der Waals surface area (Å²) in [5.74, 6) is 0. The van der Waals surface area contributed by atoms with Crippen molar-refractivity contribution in [2.45, 2.75) is 24.7 Å². The number of methoxy groups -OCH3 is 1. The van der Waals surface area contributed by atoms with Gasteiger partial charge in [-0.15, -0.1) is 0 Å². The van der Waals surface area contributed by atoms with Gasteiger partial charge in [0.1, 0.15) is 0 Å². The van der Waals surface area contributed by atoms with Crippen LogP contribution in [0.2, 0.25) is 0 Å². The summed E-state index contributed by atoms with van der Waals surface area (Å²) >= 11 is 0. The molecule has 1 heterocycles. The first-order valence-electron chi connectivity index (χ1n) is 6.35. The van der Waals surface area contributed by atoms with Crippen molar-refractivity contribution in [2.75, 3.05) is 20.2 Å². The quantitative estimate of drug-likeness (QED) is 0.634. The second kappa shape index (κ2) is 5.61. The van der Waals surface area contributed by atoms with Crippen LogP contribution < -0.4 is 0 Å². The average Bonchev–Trinajstić information content (AvgIpc) is 2.83. The van der Waals surface area contributed by atoms with Crippen LogP contribution >= 0.6 is 0 Å². The molecule has 1 aliphatic heterocycles. The van der Waals surface area contributed by atoms with E-state index in [-0.39, 0.29) is 25.2 Å². The third-order valence-corrected chi connectivity index (χ3v) is 3.77. The Morgan fingerprint density at radius 3 is 2.43 bits per heavy atom. The standard InChI is InChI=1S/C13H15F3N2O3/c1-21-12(13(14,15)16)6-7-17(9-12)8-10-2-4-11(5-3-10)18(19)20/h2-5H,6-9H2,1H3. The zero-order valence-corrected chi connectivity index (χ0v) is 11.4. The van der Waals surface area contributed by atoms with Crippen molar-refractivity contribution in [3.05, 3.63) is 39.9 Å². The van der Waals surface area contributed by atoms with E-state index >= 15 is 0 Å². The summed E-state index contributed by atoms with van der Waals surface area (Å²) in [6.07, 6.45) is -4.52. The monoisotopic (exact) mass is 304 g/mol. The van der Waals surface area contributed by atoms with Crippen LogP contribution in [0, 0.1) is 10.1 Å². The SMILES string of the molecule is COC1(C(F)(F)F)CCN(Cc2ccc([N+](=O)[O-])cc2)C1. The summed E-state index contributed by atoms with van der Waals surface area (Å²) < 4.78 is 43.9. The van der Waals surface area contributed by atoms with Crippen LogP contribution in [-0.4, -0.2) is 41.8 Å². The molecule has 8 heteroatoms. The molecule has 0 N–H and O–H groups in total. The second-order valence-electron chi connectivity index (χ2n) is 5.08. The van der Waals surface area contributed by atoms with Crippen LogP contribution in [0.1, 0.15) is 12.0 Å². The maximum atomic E-state index is 13.0. The Hall–Kier alpha value is -1.67. The molecule has 0 aromatic heterocycles. The first kappa shape index (κ1) is 15.7. The van der Waals surface area contributed by atoms with E-state index in [9.17, 15) is 23.3 Å². The lowest BCUT2D eigenvalue weighted by atomic mass is 10.0. The fourth-order valence-electron chi connectivity index (χ4n) is 2.49. The molecule has 2 rings (SSSR count). The summed E-state index contributed by atoms with van der Waals surface area (Å²) in [7, 11) is 1.07. The number of halogens is 3. The van der Waals surface area contributed by atoms with Crippen molar-refractivity contribution < 1.29 is 22.8 Å². The van der Waals surface area contributed by atoms with Crippen LogP contribution in [-0.2, 0) is 11.3 Å². The molecule has 1 fully saturated rings. The fourth-order valence-corrected chi connectivity index (χ4v) is 2.49. The predicted molar refractivity (Wildman–Crippen MR) is 68.8 cm³/mol. The number of hydrogen-bond acceptors (Lipinski definition) is 4. The fraction of sp³-hybridized carbons (Fsp3) is 0.538. The zero-order valence-electron chi connectivity index (χ0n) is 11.4. The number of rotatable bonds is 4. The predicted octanol–water partition coefficient (Wildman–Crippen LogP) is 2.75. The molecule has 0 radical (unpaired) electrons. The largest absolute Gasteiger partial charge is 0.418 e. The number of likely N-dealkylation sites (tertiary alicyclic amines) is 1. The Kier molecular flexibility index (Phi) is 4.20. The number of nitro benzene ring substituents is 1. The number of hydrogen-bond donors (Lipinski definition) is 0. The van der Waals surface area contributed by atoms with Crippen LogP contribution in [0.5, 0.6) is 0 Å². The lowest BCUT2D eigenvalue weighted by Gasteiger charge is -2.30. The highest BCUT2D eigenvalue weighted by molar-refractivity contribution is 5.32. The molecule has 1 unspecified atom stereocenters. The maximum absolute atomic E-state index is 13.0. The van der Waals surface area contributed by atoms with Gasteiger partial charge < -0.3 is 4.74 Å². The average molecular weight is 304 g/mol. The maximum Gasteiger partial charge on any atom is 0.418 e. The second-order valence-corrected chi connectivity index (χ2v) is 5.08. The molecule has 5 nitrogen and oxygen atoms in total. The van der Waals surface area contributed by atoms with Gasteiger partial charge in [0.15, 0.2) is 5.60 Å². The Bertz CT molecular complexity index is 518. The molecule has 0 saturated carbocycles. The Morgan fingerprint density at radius 1 is 1.38 bits per heavy atom. The molecule has 1 aliphatic rings. The number of alkyl halides is 3. The van der Waals surface area contributed by atoms with E-state index in [1.165, 1.54) is 12.1 Å². The lowest BCUT2D eigenvalue weighted by Crippen LogP contribution is -2.49. The van der Waals surface area contributed by atoms with Crippen LogP contribution in [0.25, 0.3) is 0 Å². The number of non-ortho nitro benzene ring substituents is 1. The summed E-state index contributed by atoms with van der Waals surface area (Å²) in [5.41, 5.74) is -1.43. The molecule has 1 saturated heterocycles. The molecule has 0 aliphatic carbocycles. The van der Waals surface area contributed by atoms with Gasteiger partial charge in [-0.1, -0.05) is 12.1 Å². The van der Waals surface area contributed by atoms with Crippen molar-refractivity contribution >= 4 is 5.69 Å². The van der Waals surface area contributed by atoms with E-state index < -0.39 is 16.7 Å². The van der Waals surface area contributed by atoms with E-state index in [4.69, 9.17) is 4.74 Å². The highest BCUT2D eigenvalue weighted by atomic mass is 19.4. The van der Waals surface area contributed by atoms with Crippen molar-refractivity contribution in [3.8, 4) is 0 Å². The zero-order chi connectivity index (χ0) is 15.7. The van der Waals surface area contributed by atoms with Gasteiger partial charge in [0.25, 0.3) is 5.69 Å². The Balaban J connectivity index is 2.04. The molecule has 1 atom stereocenters. The van der Waals surface area contributed by atoms with Crippen molar-refractivity contribution in [1.29, 1.82) is 0 Å². The third-order valence-electron chi connectivity index (χ3n) is 3.77. The van der Waals surface area contributed by atoms with Gasteiger partial charge in [-0.05, 0) is 12.0 Å². The number of benzene rings is 1. The van der Waals surface area contributed by atoms with Gasteiger partial charge >= 0.3 is 6.18 Å². The molecular weight excluding hydrogens is 289 g/mol. The number of ether oxygens (including phenoxy) is 1. The first-order chi connectivity index (χ1) is 9.77. The third kappa shape index (κ3) is 3.16. The van der Waals surface area contributed by atoms with Crippen molar-refractivity contribution in [2.24, 2.45) is 0 Å². The summed E-state index contributed by atoms with van der Waals surface area (Å²) in [6, 6.07) is 5.80. The molecule has 116 valence electrons. The molecule has 0 bridgehead atoms. The van der Waals surface area contributed by atoms with Crippen molar-refractivity contribution in [1.82, 2.24) is 4.90 Å². The van der Waals surface area contributed by atoms with Gasteiger partial charge in [-0.25, -0.2) is 0 Å². The molecule has 21 heavy (non-hydrogen) atoms. The van der Waals surface area contributed by atoms with Crippen LogP contribution in [0.4, 0.5) is 18.9 Å². The molecule has 1 aromatic rings. The van der Waals surface area contributed by atoms with E-state index in [1.54, 1.807) is 17.0 Å². The minimum atomic E-state index is -4.41. The lowest BCUT2D eigenvalue weighted by molar-refractivity contribution is -0.384. The molecular formula is C13H15F3N2O3. The minimum absolute atomic E-state index is 0.0401. The summed E-state index contributed by atoms with van der Waals surface area (Å²) in [6.45, 7) is 0.341. The highest BCUT2D eigenvalue weighted by Crippen LogP contribution is 2.40. The van der Waals surface area contributed by atoms with Crippen LogP contribution in [0.15, 0.2) is 24.3 Å². The van der Waals surface area contributed by atoms with Crippen LogP contribution in [0.3, 0.4) is 0 Å².